The first kappa shape index (κ1) is 20.9. The number of Topliss-reactive ketones (excluding diaryl/α,β-unsaturated/α-hetero) is 1. The molecule has 0 aromatic heterocycles. The third kappa shape index (κ3) is 4.43. The van der Waals surface area contributed by atoms with E-state index in [0.717, 1.165) is 0 Å². The topological polar surface area (TPSA) is 89.3 Å². The van der Waals surface area contributed by atoms with Crippen LogP contribution < -0.4 is 5.32 Å². The van der Waals surface area contributed by atoms with Crippen molar-refractivity contribution < 1.29 is 14.5 Å². The predicted octanol–water partition coefficient (Wildman–Crippen LogP) is 4.21. The average Bonchev–Trinajstić information content (AvgIpc) is 2.78. The minimum atomic E-state index is -1.44. The van der Waals surface area contributed by atoms with Gasteiger partial charge in [0.25, 0.3) is 5.91 Å². The summed E-state index contributed by atoms with van der Waals surface area (Å²) in [5.74, 6) is -2.37. The maximum absolute atomic E-state index is 13.5. The number of amides is 1. The van der Waals surface area contributed by atoms with Gasteiger partial charge in [0.2, 0.25) is 12.3 Å². The van der Waals surface area contributed by atoms with Gasteiger partial charge in [0.15, 0.2) is 0 Å². The zero-order valence-corrected chi connectivity index (χ0v) is 16.5. The lowest BCUT2D eigenvalue weighted by molar-refractivity contribution is -0.484. The van der Waals surface area contributed by atoms with Crippen molar-refractivity contribution in [3.63, 3.8) is 0 Å². The maximum Gasteiger partial charge on any atom is 0.292 e. The molecule has 0 saturated carbocycles. The summed E-state index contributed by atoms with van der Waals surface area (Å²) < 4.78 is 0. The third-order valence-electron chi connectivity index (χ3n) is 5.31. The molecule has 3 aromatic rings. The monoisotopic (exact) mass is 402 g/mol. The molecule has 152 valence electrons. The highest BCUT2D eigenvalue weighted by Crippen LogP contribution is 2.40. The van der Waals surface area contributed by atoms with Gasteiger partial charge in [0.05, 0.1) is 11.3 Å². The Bertz CT molecular complexity index is 1020. The molecule has 0 fully saturated rings. The summed E-state index contributed by atoms with van der Waals surface area (Å²) in [7, 11) is 0. The van der Waals surface area contributed by atoms with Gasteiger partial charge in [0.1, 0.15) is 0 Å². The molecule has 6 heteroatoms. The molecular weight excluding hydrogens is 380 g/mol. The van der Waals surface area contributed by atoms with Gasteiger partial charge in [-0.05, 0) is 30.2 Å². The van der Waals surface area contributed by atoms with E-state index >= 15 is 0 Å². The number of hydrogen-bond donors (Lipinski definition) is 1. The number of carbonyl (C=O) groups excluding carboxylic acids is 2. The first-order valence-electron chi connectivity index (χ1n) is 9.56. The van der Waals surface area contributed by atoms with Gasteiger partial charge in [-0.25, -0.2) is 0 Å². The normalized spacial score (nSPS) is 13.6. The van der Waals surface area contributed by atoms with Crippen LogP contribution in [0.5, 0.6) is 0 Å². The smallest absolute Gasteiger partial charge is 0.292 e. The van der Waals surface area contributed by atoms with E-state index in [9.17, 15) is 19.7 Å². The summed E-state index contributed by atoms with van der Waals surface area (Å²) >= 11 is 0. The van der Waals surface area contributed by atoms with Crippen LogP contribution in [-0.2, 0) is 15.0 Å². The summed E-state index contributed by atoms with van der Waals surface area (Å²) in [4.78, 5) is 37.5. The lowest BCUT2D eigenvalue weighted by atomic mass is 9.66. The molecule has 0 saturated heterocycles. The second-order valence-corrected chi connectivity index (χ2v) is 7.20. The second kappa shape index (κ2) is 9.13. The molecule has 1 amide bonds. The molecular formula is C24H22N2O4. The number of carbonyl (C=O) groups is 2. The molecule has 2 atom stereocenters. The van der Waals surface area contributed by atoms with Crippen molar-refractivity contribution in [1.29, 1.82) is 0 Å². The van der Waals surface area contributed by atoms with Crippen LogP contribution >= 0.6 is 0 Å². The molecule has 30 heavy (non-hydrogen) atoms. The first-order chi connectivity index (χ1) is 14.4. The lowest BCUT2D eigenvalue weighted by Crippen LogP contribution is -2.47. The lowest BCUT2D eigenvalue weighted by Gasteiger charge is -2.34. The Morgan fingerprint density at radius 3 is 1.93 bits per heavy atom. The highest BCUT2D eigenvalue weighted by atomic mass is 16.6. The van der Waals surface area contributed by atoms with E-state index in [4.69, 9.17) is 0 Å². The predicted molar refractivity (Wildman–Crippen MR) is 115 cm³/mol. The van der Waals surface area contributed by atoms with Gasteiger partial charge in [-0.3, -0.25) is 19.7 Å². The number of para-hydroxylation sites is 1. The Hall–Kier alpha value is -3.80. The van der Waals surface area contributed by atoms with Gasteiger partial charge in [-0.2, -0.15) is 0 Å². The van der Waals surface area contributed by atoms with E-state index in [1.807, 2.05) is 0 Å². The van der Waals surface area contributed by atoms with E-state index < -0.39 is 34.5 Å². The molecule has 1 N–H and O–H groups in total. The molecule has 3 rings (SSSR count). The molecule has 0 radical (unpaired) electrons. The van der Waals surface area contributed by atoms with E-state index in [2.05, 4.69) is 5.32 Å². The zero-order chi connectivity index (χ0) is 21.6. The Morgan fingerprint density at radius 2 is 1.40 bits per heavy atom. The number of nitro groups is 1. The Kier molecular flexibility index (Phi) is 6.37. The van der Waals surface area contributed by atoms with Crippen LogP contribution in [0.15, 0.2) is 91.0 Å². The highest BCUT2D eigenvalue weighted by molar-refractivity contribution is 6.43. The van der Waals surface area contributed by atoms with Crippen LogP contribution in [0.4, 0.5) is 5.69 Å². The minimum Gasteiger partial charge on any atom is -0.319 e. The van der Waals surface area contributed by atoms with Crippen molar-refractivity contribution in [2.75, 3.05) is 11.9 Å². The van der Waals surface area contributed by atoms with E-state index in [0.29, 0.717) is 16.8 Å². The molecule has 0 aliphatic heterocycles. The van der Waals surface area contributed by atoms with Gasteiger partial charge in [-0.15, -0.1) is 0 Å². The van der Waals surface area contributed by atoms with Crippen LogP contribution in [0.3, 0.4) is 0 Å². The standard InChI is InChI=1S/C24H22N2O4/c1-24(19-13-7-3-8-14-19,21(17-26(29)30)18-11-5-2-6-12-18)22(27)23(28)25-20-15-9-4-10-16-20/h2-16,21H,17H2,1H3,(H,25,28)/t21-,24+/m1/s1. The minimum absolute atomic E-state index is 0.443. The van der Waals surface area contributed by atoms with Crippen molar-refractivity contribution in [1.82, 2.24) is 0 Å². The van der Waals surface area contributed by atoms with Gasteiger partial charge in [0, 0.05) is 10.6 Å². The number of nitrogens with one attached hydrogen (secondary N) is 1. The van der Waals surface area contributed by atoms with Crippen molar-refractivity contribution in [3.05, 3.63) is 112 Å². The van der Waals surface area contributed by atoms with Gasteiger partial charge >= 0.3 is 0 Å². The Labute approximate surface area is 174 Å². The molecule has 0 bridgehead atoms. The van der Waals surface area contributed by atoms with Crippen molar-refractivity contribution in [3.8, 4) is 0 Å². The quantitative estimate of drug-likeness (QED) is 0.347. The van der Waals surface area contributed by atoms with Gasteiger partial charge in [-0.1, -0.05) is 78.9 Å². The zero-order valence-electron chi connectivity index (χ0n) is 16.5. The van der Waals surface area contributed by atoms with Crippen LogP contribution in [0.2, 0.25) is 0 Å². The SMILES string of the molecule is C[C@](C(=O)C(=O)Nc1ccccc1)(c1ccccc1)[C@H](C[N+](=O)[O-])c1ccccc1. The van der Waals surface area contributed by atoms with Crippen molar-refractivity contribution in [2.45, 2.75) is 18.3 Å². The fourth-order valence-corrected chi connectivity index (χ4v) is 3.68. The van der Waals surface area contributed by atoms with E-state index in [-0.39, 0.29) is 0 Å². The summed E-state index contributed by atoms with van der Waals surface area (Å²) in [6, 6.07) is 26.2. The summed E-state index contributed by atoms with van der Waals surface area (Å²) in [5.41, 5.74) is 0.223. The van der Waals surface area contributed by atoms with Crippen molar-refractivity contribution in [2.24, 2.45) is 0 Å². The number of benzene rings is 3. The van der Waals surface area contributed by atoms with Gasteiger partial charge < -0.3 is 5.32 Å². The highest BCUT2D eigenvalue weighted by Gasteiger charge is 2.48. The fourth-order valence-electron chi connectivity index (χ4n) is 3.68. The number of ketones is 1. The van der Waals surface area contributed by atoms with Crippen LogP contribution in [0.25, 0.3) is 0 Å². The largest absolute Gasteiger partial charge is 0.319 e. The Balaban J connectivity index is 2.09. The van der Waals surface area contributed by atoms with E-state index in [1.54, 1.807) is 97.9 Å². The molecule has 0 unspecified atom stereocenters. The maximum atomic E-state index is 13.5. The van der Waals surface area contributed by atoms with Crippen LogP contribution in [-0.4, -0.2) is 23.2 Å². The molecule has 6 nitrogen and oxygen atoms in total. The number of hydrogen-bond acceptors (Lipinski definition) is 4. The number of anilines is 1. The Morgan fingerprint density at radius 1 is 0.900 bits per heavy atom. The van der Waals surface area contributed by atoms with E-state index in [1.165, 1.54) is 0 Å². The van der Waals surface area contributed by atoms with Crippen LogP contribution in [0, 0.1) is 10.1 Å². The van der Waals surface area contributed by atoms with Crippen molar-refractivity contribution >= 4 is 17.4 Å². The summed E-state index contributed by atoms with van der Waals surface area (Å²) in [6.45, 7) is 1.12. The second-order valence-electron chi connectivity index (χ2n) is 7.20. The van der Waals surface area contributed by atoms with Crippen LogP contribution in [0.1, 0.15) is 24.0 Å². The molecule has 3 aromatic carbocycles. The average molecular weight is 402 g/mol. The fraction of sp³-hybridized carbons (Fsp3) is 0.167. The summed E-state index contributed by atoms with van der Waals surface area (Å²) in [6.07, 6.45) is 0. The number of nitrogens with zero attached hydrogens (tertiary/aromatic N) is 1. The summed E-state index contributed by atoms with van der Waals surface area (Å²) in [5, 5.41) is 14.2. The first-order valence-corrected chi connectivity index (χ1v) is 9.56. The molecule has 0 aliphatic rings. The third-order valence-corrected chi connectivity index (χ3v) is 5.31. The molecule has 0 heterocycles. The number of rotatable bonds is 8. The molecule has 0 spiro atoms. The molecule has 0 aliphatic carbocycles.